The highest BCUT2D eigenvalue weighted by atomic mass is 31.1. The molecule has 3 unspecified atom stereocenters. The molecule has 0 aromatic heterocycles. The second-order valence-corrected chi connectivity index (χ2v) is 7.23. The lowest BCUT2D eigenvalue weighted by Crippen LogP contribution is -2.34. The Hall–Kier alpha value is -1.46. The number of benzene rings is 1. The average molecular weight is 381 g/mol. The van der Waals surface area contributed by atoms with Crippen molar-refractivity contribution >= 4 is 14.7 Å². The minimum Gasteiger partial charge on any atom is -0.478 e. The molecule has 26 heavy (non-hydrogen) atoms. The first-order valence-corrected chi connectivity index (χ1v) is 9.94. The molecule has 0 bridgehead atoms. The fourth-order valence-electron chi connectivity index (χ4n) is 3.28. The Morgan fingerprint density at radius 3 is 2.65 bits per heavy atom. The second-order valence-electron chi connectivity index (χ2n) is 6.76. The molecule has 6 nitrogen and oxygen atoms in total. The van der Waals surface area contributed by atoms with Crippen LogP contribution in [0.4, 0.5) is 0 Å². The maximum Gasteiger partial charge on any atom is 0.335 e. The molecular weight excluding hydrogens is 353 g/mol. The molecular formula is C19H28NO5P. The fraction of sp³-hybridized carbons (Fsp3) is 0.526. The van der Waals surface area contributed by atoms with Gasteiger partial charge in [0.25, 0.3) is 0 Å². The van der Waals surface area contributed by atoms with Crippen molar-refractivity contribution in [3.05, 3.63) is 47.5 Å². The lowest BCUT2D eigenvalue weighted by molar-refractivity contribution is 0.0638. The van der Waals surface area contributed by atoms with Crippen molar-refractivity contribution in [3.8, 4) is 0 Å². The van der Waals surface area contributed by atoms with Gasteiger partial charge in [-0.1, -0.05) is 24.3 Å². The summed E-state index contributed by atoms with van der Waals surface area (Å²) in [5, 5.41) is 22.6. The summed E-state index contributed by atoms with van der Waals surface area (Å²) in [6.07, 6.45) is 6.82. The van der Waals surface area contributed by atoms with Crippen molar-refractivity contribution in [2.24, 2.45) is 5.92 Å². The quantitative estimate of drug-likeness (QED) is 0.425. The SMILES string of the molecule is C[C@H](NC[C@@H](O)CC(O[PH2]=O)C1CC=CCC1)c1ccc(C(=O)O)cc1. The number of aliphatic hydroxyl groups excluding tert-OH is 1. The largest absolute Gasteiger partial charge is 0.478 e. The van der Waals surface area contributed by atoms with Crippen LogP contribution in [-0.4, -0.2) is 34.9 Å². The van der Waals surface area contributed by atoms with Crippen molar-refractivity contribution in [2.45, 2.75) is 50.9 Å². The van der Waals surface area contributed by atoms with Gasteiger partial charge in [0.05, 0.1) is 17.8 Å². The molecule has 1 aliphatic rings. The summed E-state index contributed by atoms with van der Waals surface area (Å²) >= 11 is 0. The summed E-state index contributed by atoms with van der Waals surface area (Å²) in [6, 6.07) is 6.67. The molecule has 0 saturated heterocycles. The molecule has 0 radical (unpaired) electrons. The monoisotopic (exact) mass is 381 g/mol. The van der Waals surface area contributed by atoms with Crippen molar-refractivity contribution in [2.75, 3.05) is 6.54 Å². The molecule has 1 aromatic carbocycles. The Labute approximate surface area is 155 Å². The van der Waals surface area contributed by atoms with Crippen molar-refractivity contribution in [1.29, 1.82) is 0 Å². The number of allylic oxidation sites excluding steroid dienone is 2. The third kappa shape index (κ3) is 6.36. The van der Waals surface area contributed by atoms with E-state index >= 15 is 0 Å². The van der Waals surface area contributed by atoms with Crippen LogP contribution in [0, 0.1) is 5.92 Å². The molecule has 3 N–H and O–H groups in total. The number of carboxylic acids is 1. The molecule has 0 fully saturated rings. The first-order valence-electron chi connectivity index (χ1n) is 9.00. The first-order chi connectivity index (χ1) is 12.5. The lowest BCUT2D eigenvalue weighted by Gasteiger charge is -2.28. The highest BCUT2D eigenvalue weighted by Crippen LogP contribution is 2.28. The van der Waals surface area contributed by atoms with Gasteiger partial charge in [0.1, 0.15) is 0 Å². The zero-order valence-electron chi connectivity index (χ0n) is 15.0. The molecule has 1 aromatic rings. The molecule has 0 aliphatic heterocycles. The van der Waals surface area contributed by atoms with Gasteiger partial charge in [-0.25, -0.2) is 4.79 Å². The molecule has 2 rings (SSSR count). The topological polar surface area (TPSA) is 95.9 Å². The molecule has 144 valence electrons. The molecule has 0 amide bonds. The third-order valence-corrected chi connectivity index (χ3v) is 5.35. The fourth-order valence-corrected chi connectivity index (χ4v) is 3.76. The van der Waals surface area contributed by atoms with Crippen LogP contribution >= 0.6 is 8.69 Å². The number of carboxylic acid groups (broad SMARTS) is 1. The predicted molar refractivity (Wildman–Crippen MR) is 102 cm³/mol. The van der Waals surface area contributed by atoms with E-state index in [9.17, 15) is 14.5 Å². The molecule has 1 aliphatic carbocycles. The van der Waals surface area contributed by atoms with E-state index in [2.05, 4.69) is 17.5 Å². The number of nitrogens with one attached hydrogen (secondary N) is 1. The van der Waals surface area contributed by atoms with Gasteiger partial charge in [0, 0.05) is 19.0 Å². The van der Waals surface area contributed by atoms with Crippen molar-refractivity contribution in [3.63, 3.8) is 0 Å². The van der Waals surface area contributed by atoms with Crippen LogP contribution in [-0.2, 0) is 9.09 Å². The first kappa shape index (κ1) is 20.8. The third-order valence-electron chi connectivity index (χ3n) is 4.89. The smallest absolute Gasteiger partial charge is 0.335 e. The van der Waals surface area contributed by atoms with Crippen LogP contribution in [0.3, 0.4) is 0 Å². The number of carbonyl (C=O) groups is 1. The van der Waals surface area contributed by atoms with E-state index in [1.54, 1.807) is 24.3 Å². The normalized spacial score (nSPS) is 20.9. The Morgan fingerprint density at radius 1 is 1.35 bits per heavy atom. The number of aromatic carboxylic acids is 1. The van der Waals surface area contributed by atoms with E-state index in [4.69, 9.17) is 9.63 Å². The number of aliphatic hydroxyl groups is 1. The minimum absolute atomic E-state index is 0.0189. The van der Waals surface area contributed by atoms with Crippen LogP contribution in [0.2, 0.25) is 0 Å². The maximum atomic E-state index is 11.0. The lowest BCUT2D eigenvalue weighted by atomic mass is 9.87. The summed E-state index contributed by atoms with van der Waals surface area (Å²) < 4.78 is 16.4. The van der Waals surface area contributed by atoms with Gasteiger partial charge in [-0.15, -0.1) is 0 Å². The van der Waals surface area contributed by atoms with Crippen LogP contribution < -0.4 is 5.32 Å². The van der Waals surface area contributed by atoms with Crippen LogP contribution in [0.15, 0.2) is 36.4 Å². The van der Waals surface area contributed by atoms with E-state index in [1.807, 2.05) is 6.92 Å². The Morgan fingerprint density at radius 2 is 2.08 bits per heavy atom. The molecule has 0 spiro atoms. The van der Waals surface area contributed by atoms with Gasteiger partial charge in [0.2, 0.25) is 0 Å². The van der Waals surface area contributed by atoms with Crippen LogP contribution in [0.25, 0.3) is 0 Å². The highest BCUT2D eigenvalue weighted by molar-refractivity contribution is 7.17. The summed E-state index contributed by atoms with van der Waals surface area (Å²) in [7, 11) is -1.29. The molecule has 0 heterocycles. The van der Waals surface area contributed by atoms with E-state index in [-0.39, 0.29) is 17.7 Å². The Balaban J connectivity index is 1.83. The number of hydrogen-bond donors (Lipinski definition) is 3. The van der Waals surface area contributed by atoms with E-state index in [1.165, 1.54) is 0 Å². The number of rotatable bonds is 10. The summed E-state index contributed by atoms with van der Waals surface area (Å²) in [6.45, 7) is 2.35. The molecule has 7 heteroatoms. The van der Waals surface area contributed by atoms with Crippen molar-refractivity contribution < 1.29 is 24.1 Å². The molecule has 5 atom stereocenters. The standard InChI is InChI=1S/C19H28NO5P/c1-13(14-7-9-16(10-8-14)19(22)23)20-12-17(21)11-18(25-26-24)15-5-3-2-4-6-15/h2-3,7-10,13,15,17-18,20-21H,4-6,11-12,26H2,1H3,(H,22,23)/t13-,15?,17-,18?/m0/s1. The number of hydrogen-bond acceptors (Lipinski definition) is 5. The van der Waals surface area contributed by atoms with Gasteiger partial charge >= 0.3 is 5.97 Å². The zero-order chi connectivity index (χ0) is 18.9. The van der Waals surface area contributed by atoms with Gasteiger partial charge in [-0.3, -0.25) is 4.57 Å². The van der Waals surface area contributed by atoms with Crippen molar-refractivity contribution in [1.82, 2.24) is 5.32 Å². The Kier molecular flexibility index (Phi) is 8.52. The predicted octanol–water partition coefficient (Wildman–Crippen LogP) is 3.20. The zero-order valence-corrected chi connectivity index (χ0v) is 16.2. The van der Waals surface area contributed by atoms with Crippen LogP contribution in [0.1, 0.15) is 54.6 Å². The van der Waals surface area contributed by atoms with Gasteiger partial charge in [-0.2, -0.15) is 0 Å². The van der Waals surface area contributed by atoms with Gasteiger partial charge < -0.3 is 20.1 Å². The van der Waals surface area contributed by atoms with E-state index in [0.717, 1.165) is 24.8 Å². The maximum absolute atomic E-state index is 11.0. The van der Waals surface area contributed by atoms with Gasteiger partial charge in [-0.05, 0) is 49.8 Å². The van der Waals surface area contributed by atoms with Crippen LogP contribution in [0.5, 0.6) is 0 Å². The summed E-state index contributed by atoms with van der Waals surface area (Å²) in [5.74, 6) is -0.645. The van der Waals surface area contributed by atoms with E-state index in [0.29, 0.717) is 18.9 Å². The summed E-state index contributed by atoms with van der Waals surface area (Å²) in [4.78, 5) is 10.9. The average Bonchev–Trinajstić information content (AvgIpc) is 2.66. The minimum atomic E-state index is -1.29. The van der Waals surface area contributed by atoms with Gasteiger partial charge in [0.15, 0.2) is 8.69 Å². The Bertz CT molecular complexity index is 619. The molecule has 0 saturated carbocycles. The summed E-state index contributed by atoms with van der Waals surface area (Å²) in [5.41, 5.74) is 1.21. The second kappa shape index (κ2) is 10.6. The van der Waals surface area contributed by atoms with E-state index < -0.39 is 20.8 Å². The highest BCUT2D eigenvalue weighted by Gasteiger charge is 2.25.